The van der Waals surface area contributed by atoms with Crippen molar-refractivity contribution in [2.24, 2.45) is 0 Å². The molecule has 24 heavy (non-hydrogen) atoms. The molecule has 2 aromatic heterocycles. The first-order valence-electron chi connectivity index (χ1n) is 6.68. The van der Waals surface area contributed by atoms with E-state index in [1.807, 2.05) is 0 Å². The normalized spacial score (nSPS) is 11.8. The number of nitrogens with zero attached hydrogens (tertiary/aromatic N) is 4. The molecule has 0 N–H and O–H groups in total. The largest absolute Gasteiger partial charge is 0.344 e. The molecule has 1 aromatic carbocycles. The van der Waals surface area contributed by atoms with Crippen LogP contribution in [-0.4, -0.2) is 25.6 Å². The summed E-state index contributed by atoms with van der Waals surface area (Å²) in [7, 11) is 3.04. The zero-order valence-corrected chi connectivity index (χ0v) is 15.4. The lowest BCUT2D eigenvalue weighted by Gasteiger charge is -2.11. The van der Waals surface area contributed by atoms with Gasteiger partial charge < -0.3 is 9.05 Å². The average molecular weight is 387 g/mol. The second-order valence-electron chi connectivity index (χ2n) is 4.71. The van der Waals surface area contributed by atoms with Crippen molar-refractivity contribution in [3.8, 4) is 5.69 Å². The van der Waals surface area contributed by atoms with Crippen LogP contribution in [0.2, 0.25) is 5.02 Å². The van der Waals surface area contributed by atoms with E-state index in [9.17, 15) is 9.59 Å². The Balaban J connectivity index is 2.36. The van der Waals surface area contributed by atoms with E-state index in [0.29, 0.717) is 10.7 Å². The second kappa shape index (κ2) is 7.13. The zero-order chi connectivity index (χ0) is 17.3. The highest BCUT2D eigenvalue weighted by Gasteiger charge is 2.18. The van der Waals surface area contributed by atoms with Crippen LogP contribution in [0.4, 0.5) is 0 Å². The Morgan fingerprint density at radius 3 is 2.62 bits per heavy atom. The highest BCUT2D eigenvalue weighted by Crippen LogP contribution is 2.18. The van der Waals surface area contributed by atoms with Crippen LogP contribution in [0, 0.1) is 0 Å². The Kier molecular flexibility index (Phi) is 5.13. The van der Waals surface area contributed by atoms with Crippen LogP contribution in [-0.2, 0) is 15.8 Å². The molecule has 11 heteroatoms. The van der Waals surface area contributed by atoms with Crippen LogP contribution in [0.5, 0.6) is 0 Å². The minimum absolute atomic E-state index is 0.0634. The fourth-order valence-electron chi connectivity index (χ4n) is 2.30. The number of fused-ring (bicyclic) bond motifs is 1. The van der Waals surface area contributed by atoms with Gasteiger partial charge >= 0.3 is 5.69 Å². The monoisotopic (exact) mass is 386 g/mol. The molecule has 2 heterocycles. The molecule has 0 aliphatic carbocycles. The summed E-state index contributed by atoms with van der Waals surface area (Å²) >= 11 is 5.91. The molecule has 0 amide bonds. The molecule has 0 aliphatic heterocycles. The van der Waals surface area contributed by atoms with Crippen LogP contribution in [0.25, 0.3) is 16.9 Å². The minimum Gasteiger partial charge on any atom is -0.344 e. The number of aromatic nitrogens is 4. The molecule has 0 saturated heterocycles. The summed E-state index contributed by atoms with van der Waals surface area (Å²) in [5.74, 6) is 0. The van der Waals surface area contributed by atoms with Crippen molar-refractivity contribution in [3.63, 3.8) is 0 Å². The van der Waals surface area contributed by atoms with Crippen LogP contribution >= 0.6 is 30.0 Å². The summed E-state index contributed by atoms with van der Waals surface area (Å²) in [4.78, 5) is 29.4. The molecule has 0 aliphatic rings. The van der Waals surface area contributed by atoms with Gasteiger partial charge in [-0.1, -0.05) is 11.6 Å². The van der Waals surface area contributed by atoms with E-state index in [1.165, 1.54) is 18.0 Å². The first-order valence-corrected chi connectivity index (χ1v) is 8.38. The SMILES string of the molecule is COPn1c(=O)c2c(ncn2-c2ccc(Cl)cc2)n(COP)c1=O. The molecule has 8 nitrogen and oxygen atoms in total. The Morgan fingerprint density at radius 1 is 1.29 bits per heavy atom. The van der Waals surface area contributed by atoms with Crippen molar-refractivity contribution in [2.45, 2.75) is 6.73 Å². The third kappa shape index (κ3) is 2.92. The van der Waals surface area contributed by atoms with Crippen molar-refractivity contribution in [3.05, 3.63) is 56.5 Å². The topological polar surface area (TPSA) is 80.3 Å². The maximum atomic E-state index is 12.8. The highest BCUT2D eigenvalue weighted by atomic mass is 35.5. The number of benzene rings is 1. The van der Waals surface area contributed by atoms with Gasteiger partial charge in [0.1, 0.15) is 22.0 Å². The van der Waals surface area contributed by atoms with Crippen LogP contribution in [0.15, 0.2) is 40.2 Å². The molecule has 3 aromatic rings. The maximum absolute atomic E-state index is 12.8. The zero-order valence-electron chi connectivity index (χ0n) is 12.5. The number of rotatable bonds is 5. The van der Waals surface area contributed by atoms with Gasteiger partial charge in [-0.05, 0) is 24.3 Å². The van der Waals surface area contributed by atoms with Crippen molar-refractivity contribution < 1.29 is 9.05 Å². The van der Waals surface area contributed by atoms with Crippen molar-refractivity contribution in [1.82, 2.24) is 18.5 Å². The van der Waals surface area contributed by atoms with Crippen LogP contribution < -0.4 is 11.2 Å². The first-order chi connectivity index (χ1) is 11.6. The van der Waals surface area contributed by atoms with Gasteiger partial charge in [0.2, 0.25) is 0 Å². The minimum atomic E-state index is -0.545. The van der Waals surface area contributed by atoms with Crippen LogP contribution in [0.1, 0.15) is 0 Å². The van der Waals surface area contributed by atoms with E-state index in [0.717, 1.165) is 4.34 Å². The lowest BCUT2D eigenvalue weighted by atomic mass is 10.3. The predicted molar refractivity (Wildman–Crippen MR) is 96.1 cm³/mol. The van der Waals surface area contributed by atoms with Crippen molar-refractivity contribution in [1.29, 1.82) is 0 Å². The molecular weight excluding hydrogens is 374 g/mol. The summed E-state index contributed by atoms with van der Waals surface area (Å²) in [6.07, 6.45) is 1.48. The van der Waals surface area contributed by atoms with Crippen molar-refractivity contribution in [2.75, 3.05) is 7.11 Å². The first kappa shape index (κ1) is 17.3. The van der Waals surface area contributed by atoms with Gasteiger partial charge in [0.05, 0.1) is 0 Å². The van der Waals surface area contributed by atoms with Crippen LogP contribution in [0.3, 0.4) is 0 Å². The standard InChI is InChI=1S/C13H13ClN4O4P2/c1-21-24-18-12(19)10-11(17(7-22-23)13(18)20)15-6-16(10)9-4-2-8(14)3-5-9/h2-6,24H,7,23H2,1H3. The molecule has 3 rings (SSSR count). The fourth-order valence-corrected chi connectivity index (χ4v) is 3.14. The second-order valence-corrected chi connectivity index (χ2v) is 6.51. The number of hydrogen-bond acceptors (Lipinski definition) is 5. The predicted octanol–water partition coefficient (Wildman–Crippen LogP) is 1.77. The maximum Gasteiger partial charge on any atom is 0.339 e. The van der Waals surface area contributed by atoms with Gasteiger partial charge in [-0.25, -0.2) is 14.1 Å². The molecule has 0 spiro atoms. The third-order valence-electron chi connectivity index (χ3n) is 3.32. The molecular formula is C13H13ClN4O4P2. The summed E-state index contributed by atoms with van der Waals surface area (Å²) in [6.45, 7) is -0.0634. The summed E-state index contributed by atoms with van der Waals surface area (Å²) in [5, 5.41) is 0.578. The smallest absolute Gasteiger partial charge is 0.339 e. The molecule has 0 fully saturated rings. The summed E-state index contributed by atoms with van der Waals surface area (Å²) < 4.78 is 13.9. The number of imidazole rings is 1. The van der Waals surface area contributed by atoms with E-state index in [4.69, 9.17) is 20.6 Å². The third-order valence-corrected chi connectivity index (χ3v) is 4.48. The highest BCUT2D eigenvalue weighted by molar-refractivity contribution is 7.30. The molecule has 126 valence electrons. The molecule has 2 unspecified atom stereocenters. The van der Waals surface area contributed by atoms with E-state index >= 15 is 0 Å². The van der Waals surface area contributed by atoms with E-state index in [2.05, 4.69) is 14.5 Å². The molecule has 0 radical (unpaired) electrons. The van der Waals surface area contributed by atoms with Gasteiger partial charge in [-0.15, -0.1) is 0 Å². The summed E-state index contributed by atoms with van der Waals surface area (Å²) in [6, 6.07) is 6.93. The Morgan fingerprint density at radius 2 is 2.00 bits per heavy atom. The van der Waals surface area contributed by atoms with Crippen molar-refractivity contribution >= 4 is 41.2 Å². The molecule has 0 saturated carbocycles. The van der Waals surface area contributed by atoms with Gasteiger partial charge in [0, 0.05) is 27.3 Å². The quantitative estimate of drug-likeness (QED) is 0.624. The van der Waals surface area contributed by atoms with Gasteiger partial charge in [0.25, 0.3) is 5.56 Å². The van der Waals surface area contributed by atoms with E-state index in [1.54, 1.807) is 28.8 Å². The lowest BCUT2D eigenvalue weighted by Crippen LogP contribution is -2.37. The van der Waals surface area contributed by atoms with E-state index in [-0.39, 0.29) is 17.9 Å². The Bertz CT molecular complexity index is 996. The number of hydrogen-bond donors (Lipinski definition) is 0. The molecule has 0 bridgehead atoms. The van der Waals surface area contributed by atoms with Gasteiger partial charge in [-0.2, -0.15) is 0 Å². The Labute approximate surface area is 145 Å². The van der Waals surface area contributed by atoms with Gasteiger partial charge in [0.15, 0.2) is 11.2 Å². The lowest BCUT2D eigenvalue weighted by molar-refractivity contribution is 0.275. The number of halogens is 1. The average Bonchev–Trinajstić information content (AvgIpc) is 3.01. The Hall–Kier alpha value is -1.56. The summed E-state index contributed by atoms with van der Waals surface area (Å²) in [5.41, 5.74) is 0.158. The van der Waals surface area contributed by atoms with Gasteiger partial charge in [-0.3, -0.25) is 13.9 Å². The van der Waals surface area contributed by atoms with E-state index < -0.39 is 20.2 Å². The molecule has 2 atom stereocenters. The fraction of sp³-hybridized carbons (Fsp3) is 0.154.